The quantitative estimate of drug-likeness (QED) is 0.386. The Bertz CT molecular complexity index is 1310. The van der Waals surface area contributed by atoms with Crippen LogP contribution in [0.1, 0.15) is 27.9 Å². The number of hydrogen-bond acceptors (Lipinski definition) is 4. The van der Waals surface area contributed by atoms with E-state index in [9.17, 15) is 26.4 Å². The summed E-state index contributed by atoms with van der Waals surface area (Å²) in [5.74, 6) is -1.40. The molecule has 0 fully saturated rings. The molecule has 178 valence electrons. The van der Waals surface area contributed by atoms with Gasteiger partial charge in [0.25, 0.3) is 10.0 Å². The van der Waals surface area contributed by atoms with Crippen LogP contribution in [0.3, 0.4) is 0 Å². The largest absolute Gasteiger partial charge is 0.435 e. The van der Waals surface area contributed by atoms with E-state index in [1.807, 2.05) is 0 Å². The van der Waals surface area contributed by atoms with Gasteiger partial charge in [-0.1, -0.05) is 29.8 Å². The zero-order valence-corrected chi connectivity index (χ0v) is 19.3. The van der Waals surface area contributed by atoms with Crippen molar-refractivity contribution < 1.29 is 31.1 Å². The first-order chi connectivity index (χ1) is 16.2. The minimum Gasteiger partial charge on any atom is -0.435 e. The molecule has 1 aliphatic heterocycles. The molecule has 0 spiro atoms. The highest BCUT2D eigenvalue weighted by atomic mass is 35.5. The van der Waals surface area contributed by atoms with E-state index in [2.05, 4.69) is 4.74 Å². The molecule has 10 heteroatoms. The molecule has 0 radical (unpaired) electrons. The second-order valence-corrected chi connectivity index (χ2v) is 9.96. The number of carbonyl (C=O) groups is 1. The van der Waals surface area contributed by atoms with Gasteiger partial charge in [0.2, 0.25) is 0 Å². The highest BCUT2D eigenvalue weighted by molar-refractivity contribution is 7.92. The summed E-state index contributed by atoms with van der Waals surface area (Å²) in [6.45, 7) is -2.81. The first-order valence-electron chi connectivity index (χ1n) is 10.3. The molecule has 1 heterocycles. The number of nitrogens with zero attached hydrogens (tertiary/aromatic N) is 1. The fourth-order valence-electron chi connectivity index (χ4n) is 3.90. The molecule has 5 nitrogen and oxygen atoms in total. The van der Waals surface area contributed by atoms with Crippen molar-refractivity contribution in [3.05, 3.63) is 88.2 Å². The molecule has 0 saturated heterocycles. The number of fused-ring (bicyclic) bond motifs is 1. The monoisotopic (exact) mass is 509 g/mol. The molecule has 3 aromatic carbocycles. The Balaban J connectivity index is 1.64. The number of anilines is 1. The van der Waals surface area contributed by atoms with Gasteiger partial charge in [-0.05, 0) is 66.4 Å². The van der Waals surface area contributed by atoms with Crippen molar-refractivity contribution in [1.29, 1.82) is 0 Å². The van der Waals surface area contributed by atoms with Crippen molar-refractivity contribution in [2.45, 2.75) is 30.8 Å². The van der Waals surface area contributed by atoms with E-state index in [0.29, 0.717) is 24.1 Å². The first-order valence-corrected chi connectivity index (χ1v) is 12.2. The fourth-order valence-corrected chi connectivity index (χ4v) is 5.71. The minimum absolute atomic E-state index is 0.00596. The number of rotatable bonds is 7. The Morgan fingerprint density at radius 1 is 1.09 bits per heavy atom. The second-order valence-electron chi connectivity index (χ2n) is 7.69. The van der Waals surface area contributed by atoms with Crippen LogP contribution in [0.5, 0.6) is 5.75 Å². The van der Waals surface area contributed by atoms with Crippen molar-refractivity contribution >= 4 is 33.1 Å². The van der Waals surface area contributed by atoms with Gasteiger partial charge in [0.05, 0.1) is 21.2 Å². The molecule has 0 atom stereocenters. The maximum absolute atomic E-state index is 14.1. The normalized spacial score (nSPS) is 13.6. The van der Waals surface area contributed by atoms with Crippen molar-refractivity contribution in [1.82, 2.24) is 0 Å². The molecule has 0 unspecified atom stereocenters. The Hall–Kier alpha value is -3.04. The molecule has 4 rings (SSSR count). The van der Waals surface area contributed by atoms with Crippen LogP contribution in [0, 0.1) is 5.82 Å². The number of ketones is 1. The summed E-state index contributed by atoms with van der Waals surface area (Å²) in [6, 6.07) is 13.8. The summed E-state index contributed by atoms with van der Waals surface area (Å²) in [7, 11) is -4.01. The number of benzene rings is 3. The number of carbonyl (C=O) groups excluding carboxylic acids is 1. The highest BCUT2D eigenvalue weighted by Crippen LogP contribution is 2.34. The first kappa shape index (κ1) is 24.1. The molecule has 0 aromatic heterocycles. The third-order valence-corrected chi connectivity index (χ3v) is 7.61. The predicted octanol–water partition coefficient (Wildman–Crippen LogP) is 5.65. The molecule has 0 amide bonds. The van der Waals surface area contributed by atoms with Gasteiger partial charge in [0, 0.05) is 13.0 Å². The SMILES string of the molecule is O=C(Cc1ccc2c(c1)N(S(=O)(=O)c1ccc(OC(F)F)cc1)CCC2)c1c(F)cccc1Cl. The summed E-state index contributed by atoms with van der Waals surface area (Å²) in [5.41, 5.74) is 1.50. The number of sulfonamides is 1. The molecule has 0 aliphatic carbocycles. The molecule has 0 bridgehead atoms. The van der Waals surface area contributed by atoms with Gasteiger partial charge in [-0.3, -0.25) is 9.10 Å². The molecule has 1 aliphatic rings. The molecular formula is C24H19ClF3NO4S. The van der Waals surface area contributed by atoms with Crippen molar-refractivity contribution in [3.63, 3.8) is 0 Å². The summed E-state index contributed by atoms with van der Waals surface area (Å²) in [4.78, 5) is 12.6. The zero-order valence-electron chi connectivity index (χ0n) is 17.7. The molecule has 3 aromatic rings. The van der Waals surface area contributed by atoms with Crippen LogP contribution in [0.25, 0.3) is 0 Å². The van der Waals surface area contributed by atoms with E-state index < -0.39 is 28.2 Å². The van der Waals surface area contributed by atoms with Gasteiger partial charge in [-0.2, -0.15) is 8.78 Å². The summed E-state index contributed by atoms with van der Waals surface area (Å²) >= 11 is 6.00. The molecule has 0 N–H and O–H groups in total. The number of halogens is 4. The van der Waals surface area contributed by atoms with Crippen LogP contribution in [0.4, 0.5) is 18.9 Å². The average molecular weight is 510 g/mol. The summed E-state index contributed by atoms with van der Waals surface area (Å²) < 4.78 is 71.1. The smallest absolute Gasteiger partial charge is 0.387 e. The van der Waals surface area contributed by atoms with E-state index in [4.69, 9.17) is 11.6 Å². The third kappa shape index (κ3) is 4.90. The second kappa shape index (κ2) is 9.68. The highest BCUT2D eigenvalue weighted by Gasteiger charge is 2.30. The topological polar surface area (TPSA) is 63.7 Å². The van der Waals surface area contributed by atoms with Crippen LogP contribution in [-0.4, -0.2) is 27.4 Å². The van der Waals surface area contributed by atoms with Gasteiger partial charge in [-0.25, -0.2) is 12.8 Å². The van der Waals surface area contributed by atoms with Gasteiger partial charge < -0.3 is 4.74 Å². The third-order valence-electron chi connectivity index (χ3n) is 5.47. The minimum atomic E-state index is -4.01. The van der Waals surface area contributed by atoms with Crippen LogP contribution in [0.2, 0.25) is 5.02 Å². The number of hydrogen-bond donors (Lipinski definition) is 0. The molecule has 34 heavy (non-hydrogen) atoms. The molecule has 0 saturated carbocycles. The Labute approximate surface area is 199 Å². The van der Waals surface area contributed by atoms with Gasteiger partial charge in [-0.15, -0.1) is 0 Å². The van der Waals surface area contributed by atoms with Gasteiger partial charge in [0.15, 0.2) is 5.78 Å². The number of ether oxygens (including phenoxy) is 1. The standard InChI is InChI=1S/C24H19ClF3NO4S/c25-19-4-1-5-20(26)23(19)22(30)14-15-6-7-16-3-2-12-29(21(16)13-15)34(31,32)18-10-8-17(9-11-18)33-24(27)28/h1,4-11,13,24H,2-3,12,14H2. The van der Waals surface area contributed by atoms with E-state index >= 15 is 0 Å². The zero-order chi connectivity index (χ0) is 24.5. The maximum Gasteiger partial charge on any atom is 0.387 e. The van der Waals surface area contributed by atoms with E-state index in [-0.39, 0.29) is 34.2 Å². The number of alkyl halides is 2. The van der Waals surface area contributed by atoms with E-state index in [0.717, 1.165) is 23.8 Å². The number of aryl methyl sites for hydroxylation is 1. The lowest BCUT2D eigenvalue weighted by Gasteiger charge is -2.31. The van der Waals surface area contributed by atoms with Gasteiger partial charge >= 0.3 is 6.61 Å². The van der Waals surface area contributed by atoms with Crippen molar-refractivity contribution in [3.8, 4) is 5.75 Å². The lowest BCUT2D eigenvalue weighted by atomic mass is 9.97. The lowest BCUT2D eigenvalue weighted by molar-refractivity contribution is -0.0498. The van der Waals surface area contributed by atoms with Gasteiger partial charge in [0.1, 0.15) is 11.6 Å². The summed E-state index contributed by atoms with van der Waals surface area (Å²) in [5, 5.41) is 0.00596. The fraction of sp³-hybridized carbons (Fsp3) is 0.208. The Morgan fingerprint density at radius 2 is 1.82 bits per heavy atom. The van der Waals surface area contributed by atoms with E-state index in [1.165, 1.54) is 28.6 Å². The Morgan fingerprint density at radius 3 is 2.50 bits per heavy atom. The lowest BCUT2D eigenvalue weighted by Crippen LogP contribution is -2.35. The van der Waals surface area contributed by atoms with Crippen LogP contribution in [-0.2, 0) is 22.9 Å². The van der Waals surface area contributed by atoms with E-state index in [1.54, 1.807) is 18.2 Å². The molecular weight excluding hydrogens is 491 g/mol. The summed E-state index contributed by atoms with van der Waals surface area (Å²) in [6.07, 6.45) is 1.07. The maximum atomic E-state index is 14.1. The van der Waals surface area contributed by atoms with Crippen LogP contribution in [0.15, 0.2) is 65.6 Å². The average Bonchev–Trinajstić information content (AvgIpc) is 2.78. The predicted molar refractivity (Wildman–Crippen MR) is 122 cm³/mol. The van der Waals surface area contributed by atoms with Crippen LogP contribution >= 0.6 is 11.6 Å². The van der Waals surface area contributed by atoms with Crippen LogP contribution < -0.4 is 9.04 Å². The van der Waals surface area contributed by atoms with Crippen molar-refractivity contribution in [2.24, 2.45) is 0 Å². The number of Topliss-reactive ketones (excluding diaryl/α,β-unsaturated/α-hetero) is 1. The van der Waals surface area contributed by atoms with Crippen molar-refractivity contribution in [2.75, 3.05) is 10.8 Å². The Kier molecular flexibility index (Phi) is 6.86.